The van der Waals surface area contributed by atoms with Gasteiger partial charge in [0.1, 0.15) is 0 Å². The van der Waals surface area contributed by atoms with Gasteiger partial charge in [-0.05, 0) is 37.8 Å². The third-order valence-corrected chi connectivity index (χ3v) is 4.67. The molecule has 21 heavy (non-hydrogen) atoms. The molecule has 2 aliphatic rings. The molecular formula is C15H19N3O3. The lowest BCUT2D eigenvalue weighted by molar-refractivity contribution is -0.384. The Kier molecular flexibility index (Phi) is 3.41. The van der Waals surface area contributed by atoms with Crippen molar-refractivity contribution in [2.45, 2.75) is 32.4 Å². The maximum absolute atomic E-state index is 12.8. The predicted octanol–water partition coefficient (Wildman–Crippen LogP) is 1.73. The van der Waals surface area contributed by atoms with Gasteiger partial charge in [-0.1, -0.05) is 0 Å². The van der Waals surface area contributed by atoms with Crippen LogP contribution in [-0.2, 0) is 0 Å². The summed E-state index contributed by atoms with van der Waals surface area (Å²) in [6.07, 6.45) is 1.02. The first-order valence-electron chi connectivity index (χ1n) is 7.27. The number of rotatable bonds is 2. The third-order valence-electron chi connectivity index (χ3n) is 4.67. The third kappa shape index (κ3) is 2.29. The zero-order valence-electron chi connectivity index (χ0n) is 12.2. The second kappa shape index (κ2) is 5.11. The van der Waals surface area contributed by atoms with Crippen LogP contribution < -0.4 is 5.32 Å². The van der Waals surface area contributed by atoms with E-state index >= 15 is 0 Å². The lowest BCUT2D eigenvalue weighted by atomic mass is 10.0. The van der Waals surface area contributed by atoms with Gasteiger partial charge in [-0.3, -0.25) is 14.9 Å². The van der Waals surface area contributed by atoms with Gasteiger partial charge in [-0.25, -0.2) is 0 Å². The SMILES string of the molecule is Cc1cc([N+](=O)[O-])ccc1C(=O)N1C(C)CC2CNCC21. The van der Waals surface area contributed by atoms with Crippen molar-refractivity contribution in [2.24, 2.45) is 5.92 Å². The number of nitro groups is 1. The van der Waals surface area contributed by atoms with Crippen LogP contribution >= 0.6 is 0 Å². The highest BCUT2D eigenvalue weighted by Gasteiger charge is 2.44. The molecule has 0 spiro atoms. The van der Waals surface area contributed by atoms with E-state index in [4.69, 9.17) is 0 Å². The number of nitro benzene ring substituents is 1. The van der Waals surface area contributed by atoms with Crippen LogP contribution in [0, 0.1) is 23.0 Å². The molecule has 3 rings (SSSR count). The van der Waals surface area contributed by atoms with Gasteiger partial charge in [0.25, 0.3) is 11.6 Å². The van der Waals surface area contributed by atoms with Gasteiger partial charge in [0.15, 0.2) is 0 Å². The molecule has 2 aliphatic heterocycles. The summed E-state index contributed by atoms with van der Waals surface area (Å²) in [5.41, 5.74) is 1.26. The van der Waals surface area contributed by atoms with Crippen molar-refractivity contribution in [1.29, 1.82) is 0 Å². The van der Waals surface area contributed by atoms with E-state index in [9.17, 15) is 14.9 Å². The molecule has 0 aromatic heterocycles. The van der Waals surface area contributed by atoms with Crippen molar-refractivity contribution in [2.75, 3.05) is 13.1 Å². The largest absolute Gasteiger partial charge is 0.331 e. The van der Waals surface area contributed by atoms with Crippen molar-refractivity contribution >= 4 is 11.6 Å². The number of likely N-dealkylation sites (tertiary alicyclic amines) is 1. The van der Waals surface area contributed by atoms with E-state index in [1.54, 1.807) is 13.0 Å². The first-order valence-corrected chi connectivity index (χ1v) is 7.27. The highest BCUT2D eigenvalue weighted by atomic mass is 16.6. The summed E-state index contributed by atoms with van der Waals surface area (Å²) in [7, 11) is 0. The standard InChI is InChI=1S/C15H19N3O3/c1-9-5-12(18(20)21)3-4-13(9)15(19)17-10(2)6-11-7-16-8-14(11)17/h3-5,10-11,14,16H,6-8H2,1-2H3. The summed E-state index contributed by atoms with van der Waals surface area (Å²) < 4.78 is 0. The van der Waals surface area contributed by atoms with Crippen LogP contribution in [0.3, 0.4) is 0 Å². The van der Waals surface area contributed by atoms with Gasteiger partial charge in [0, 0.05) is 42.9 Å². The summed E-state index contributed by atoms with van der Waals surface area (Å²) in [4.78, 5) is 25.1. The quantitative estimate of drug-likeness (QED) is 0.664. The number of benzene rings is 1. The number of carbonyl (C=O) groups is 1. The molecule has 1 N–H and O–H groups in total. The zero-order chi connectivity index (χ0) is 15.1. The van der Waals surface area contributed by atoms with Crippen LogP contribution in [0.1, 0.15) is 29.3 Å². The molecule has 3 unspecified atom stereocenters. The van der Waals surface area contributed by atoms with E-state index in [-0.39, 0.29) is 23.7 Å². The van der Waals surface area contributed by atoms with Crippen LogP contribution in [-0.4, -0.2) is 40.9 Å². The van der Waals surface area contributed by atoms with Crippen molar-refractivity contribution in [3.63, 3.8) is 0 Å². The molecule has 0 radical (unpaired) electrons. The Hall–Kier alpha value is -1.95. The van der Waals surface area contributed by atoms with Crippen molar-refractivity contribution in [1.82, 2.24) is 10.2 Å². The number of nitrogens with one attached hydrogen (secondary N) is 1. The van der Waals surface area contributed by atoms with E-state index in [1.165, 1.54) is 12.1 Å². The van der Waals surface area contributed by atoms with Crippen LogP contribution in [0.2, 0.25) is 0 Å². The maximum atomic E-state index is 12.8. The van der Waals surface area contributed by atoms with Crippen molar-refractivity contribution in [3.05, 3.63) is 39.4 Å². The van der Waals surface area contributed by atoms with Crippen molar-refractivity contribution in [3.8, 4) is 0 Å². The molecule has 1 aromatic rings. The smallest absolute Gasteiger partial charge is 0.269 e. The maximum Gasteiger partial charge on any atom is 0.269 e. The molecule has 1 amide bonds. The summed E-state index contributed by atoms with van der Waals surface area (Å²) in [6, 6.07) is 4.94. The van der Waals surface area contributed by atoms with Gasteiger partial charge in [0.05, 0.1) is 4.92 Å². The number of nitrogens with zero attached hydrogens (tertiary/aromatic N) is 2. The Morgan fingerprint density at radius 2 is 2.19 bits per heavy atom. The highest BCUT2D eigenvalue weighted by molar-refractivity contribution is 5.96. The Morgan fingerprint density at radius 3 is 2.86 bits per heavy atom. The molecule has 112 valence electrons. The van der Waals surface area contributed by atoms with E-state index in [0.717, 1.165) is 19.5 Å². The van der Waals surface area contributed by atoms with Crippen molar-refractivity contribution < 1.29 is 9.72 Å². The fourth-order valence-corrected chi connectivity index (χ4v) is 3.66. The molecular weight excluding hydrogens is 270 g/mol. The van der Waals surface area contributed by atoms with Crippen LogP contribution in [0.5, 0.6) is 0 Å². The number of amides is 1. The first-order chi connectivity index (χ1) is 9.99. The Balaban J connectivity index is 1.90. The van der Waals surface area contributed by atoms with Gasteiger partial charge in [-0.15, -0.1) is 0 Å². The minimum Gasteiger partial charge on any atom is -0.331 e. The monoisotopic (exact) mass is 289 g/mol. The minimum absolute atomic E-state index is 0.00824. The number of aryl methyl sites for hydroxylation is 1. The number of non-ortho nitro benzene ring substituents is 1. The lowest BCUT2D eigenvalue weighted by Gasteiger charge is -2.28. The molecule has 2 fully saturated rings. The fraction of sp³-hybridized carbons (Fsp3) is 0.533. The highest BCUT2D eigenvalue weighted by Crippen LogP contribution is 2.34. The molecule has 3 atom stereocenters. The molecule has 2 saturated heterocycles. The predicted molar refractivity (Wildman–Crippen MR) is 78.2 cm³/mol. The van der Waals surface area contributed by atoms with E-state index in [0.29, 0.717) is 17.0 Å². The van der Waals surface area contributed by atoms with E-state index in [2.05, 4.69) is 12.2 Å². The second-order valence-corrected chi connectivity index (χ2v) is 6.04. The molecule has 1 aromatic carbocycles. The van der Waals surface area contributed by atoms with Gasteiger partial charge in [-0.2, -0.15) is 0 Å². The summed E-state index contributed by atoms with van der Waals surface area (Å²) in [5, 5.41) is 14.1. The average molecular weight is 289 g/mol. The molecule has 0 aliphatic carbocycles. The summed E-state index contributed by atoms with van der Waals surface area (Å²) in [5.74, 6) is 0.522. The van der Waals surface area contributed by atoms with Gasteiger partial charge < -0.3 is 10.2 Å². The number of hydrogen-bond donors (Lipinski definition) is 1. The number of carbonyl (C=O) groups excluding carboxylic acids is 1. The van der Waals surface area contributed by atoms with Crippen LogP contribution in [0.4, 0.5) is 5.69 Å². The molecule has 2 heterocycles. The number of fused-ring (bicyclic) bond motifs is 1. The molecule has 0 bridgehead atoms. The van der Waals surface area contributed by atoms with Crippen LogP contribution in [0.25, 0.3) is 0 Å². The van der Waals surface area contributed by atoms with Gasteiger partial charge >= 0.3 is 0 Å². The number of hydrogen-bond acceptors (Lipinski definition) is 4. The Morgan fingerprint density at radius 1 is 1.43 bits per heavy atom. The normalized spacial score (nSPS) is 27.7. The van der Waals surface area contributed by atoms with Crippen LogP contribution in [0.15, 0.2) is 18.2 Å². The summed E-state index contributed by atoms with van der Waals surface area (Å²) in [6.45, 7) is 5.65. The lowest BCUT2D eigenvalue weighted by Crippen LogP contribution is -2.43. The minimum atomic E-state index is -0.434. The Bertz CT molecular complexity index is 602. The molecule has 6 heteroatoms. The molecule has 0 saturated carbocycles. The Labute approximate surface area is 123 Å². The summed E-state index contributed by atoms with van der Waals surface area (Å²) >= 11 is 0. The topological polar surface area (TPSA) is 75.5 Å². The molecule has 6 nitrogen and oxygen atoms in total. The van der Waals surface area contributed by atoms with E-state index in [1.807, 2.05) is 4.90 Å². The van der Waals surface area contributed by atoms with Gasteiger partial charge in [0.2, 0.25) is 0 Å². The zero-order valence-corrected chi connectivity index (χ0v) is 12.2. The second-order valence-electron chi connectivity index (χ2n) is 6.04. The first kappa shape index (κ1) is 14.0. The van der Waals surface area contributed by atoms with E-state index < -0.39 is 4.92 Å². The average Bonchev–Trinajstić information content (AvgIpc) is 2.97. The fourth-order valence-electron chi connectivity index (χ4n) is 3.66.